The van der Waals surface area contributed by atoms with Gasteiger partial charge in [0.15, 0.2) is 0 Å². The van der Waals surface area contributed by atoms with Crippen molar-refractivity contribution in [3.8, 4) is 0 Å². The van der Waals surface area contributed by atoms with Crippen LogP contribution in [0.15, 0.2) is 168 Å². The Morgan fingerprint density at radius 3 is 0.368 bits per heavy atom. The Hall–Kier alpha value is -2.84. The summed E-state index contributed by atoms with van der Waals surface area (Å²) in [6.45, 7) is 65.6. The summed E-state index contributed by atoms with van der Waals surface area (Å²) in [6, 6.07) is 0. The summed E-state index contributed by atoms with van der Waals surface area (Å²) >= 11 is 0. The topological polar surface area (TPSA) is 0 Å². The maximum atomic E-state index is 3.38. The third-order valence-corrected chi connectivity index (χ3v) is 17.0. The van der Waals surface area contributed by atoms with Gasteiger partial charge in [0.1, 0.15) is 0 Å². The molecule has 0 aromatic carbocycles. The van der Waals surface area contributed by atoms with Crippen LogP contribution in [0.5, 0.6) is 0 Å². The van der Waals surface area contributed by atoms with Crippen molar-refractivity contribution < 1.29 is 0 Å². The van der Waals surface area contributed by atoms with E-state index >= 15 is 0 Å². The summed E-state index contributed by atoms with van der Waals surface area (Å²) in [6.07, 6.45) is 0. The third-order valence-electron chi connectivity index (χ3n) is 17.0. The molecule has 0 amide bonds. The Bertz CT molecular complexity index is 2100. The molecule has 0 saturated heterocycles. The van der Waals surface area contributed by atoms with Crippen LogP contribution in [0.3, 0.4) is 0 Å². The van der Waals surface area contributed by atoms with E-state index in [9.17, 15) is 0 Å². The molecule has 6 aliphatic rings. The van der Waals surface area contributed by atoms with Crippen molar-refractivity contribution in [3.63, 3.8) is 0 Å². The Kier molecular flexibility index (Phi) is 29.2. The second-order valence-corrected chi connectivity index (χ2v) is 20.8. The maximum absolute atomic E-state index is 3.38. The molecule has 8 radical (unpaired) electrons. The number of hydrogen-bond donors (Lipinski definition) is 0. The van der Waals surface area contributed by atoms with Crippen molar-refractivity contribution in [2.75, 3.05) is 0 Å². The average molecular weight is 1130 g/mol. The summed E-state index contributed by atoms with van der Waals surface area (Å²) < 4.78 is 0. The molecular formula is C66H96Sn2. The van der Waals surface area contributed by atoms with Gasteiger partial charge in [-0.15, -0.1) is 34.4 Å². The van der Waals surface area contributed by atoms with Crippen molar-refractivity contribution in [2.24, 2.45) is 35.5 Å². The Labute approximate surface area is 455 Å². The molecular weight excluding hydrogens is 1030 g/mol. The molecule has 368 valence electrons. The normalized spacial score (nSPS) is 24.3. The molecule has 0 aromatic rings. The molecule has 0 aromatic heterocycles. The van der Waals surface area contributed by atoms with Gasteiger partial charge in [-0.2, -0.15) is 0 Å². The number of rotatable bonds is 0. The van der Waals surface area contributed by atoms with Gasteiger partial charge >= 0.3 is 0 Å². The third kappa shape index (κ3) is 17.8. The van der Waals surface area contributed by atoms with E-state index in [1.807, 2.05) is 0 Å². The van der Waals surface area contributed by atoms with Crippen LogP contribution in [-0.2, 0) is 0 Å². The molecule has 2 heteroatoms. The predicted molar refractivity (Wildman–Crippen MR) is 308 cm³/mol. The smallest absolute Gasteiger partial charge is 0.00551 e. The molecule has 0 bridgehead atoms. The van der Waals surface area contributed by atoms with E-state index in [4.69, 9.17) is 0 Å². The van der Waals surface area contributed by atoms with Crippen molar-refractivity contribution in [3.05, 3.63) is 168 Å². The fourth-order valence-electron chi connectivity index (χ4n) is 8.66. The summed E-state index contributed by atoms with van der Waals surface area (Å²) in [5, 5.41) is 0. The van der Waals surface area contributed by atoms with Gasteiger partial charge in [-0.3, -0.25) is 0 Å². The van der Waals surface area contributed by atoms with E-state index in [0.717, 1.165) is 0 Å². The van der Waals surface area contributed by atoms with E-state index in [1.165, 1.54) is 134 Å². The molecule has 6 unspecified atom stereocenters. The molecule has 0 fully saturated rings. The number of allylic oxidation sites excluding steroid dienone is 18. The standard InChI is InChI=1S/6C11H16.2Sn/c6*1-7-6-8(2)10(4)11(5)9(7)3;;/h6*9H,1-5H3;;. The second kappa shape index (κ2) is 29.5. The van der Waals surface area contributed by atoms with E-state index in [2.05, 4.69) is 242 Å². The summed E-state index contributed by atoms with van der Waals surface area (Å²) in [4.78, 5) is 0. The van der Waals surface area contributed by atoms with Gasteiger partial charge in [0.25, 0.3) is 0 Å². The molecule has 68 heavy (non-hydrogen) atoms. The number of hydrogen-bond acceptors (Lipinski definition) is 0. The molecule has 0 spiro atoms. The SMILES string of the molecule is CC1=C=C(C)C(C)C(C)=C1C.CC1=C=C(C)C(C)C(C)=C1C.CC1=C=C(C)C(C)C(C)=C1C.CC1=C=C(C)C(C)C(C)=C1C.CC1=C=C(C)C(C)C(C)=C1C.CC1=C=C(C)C(C)C(C)=C1C.[Sn].[Sn]. The fourth-order valence-corrected chi connectivity index (χ4v) is 8.66. The van der Waals surface area contributed by atoms with Crippen LogP contribution in [0, 0.1) is 35.5 Å². The summed E-state index contributed by atoms with van der Waals surface area (Å²) in [5.41, 5.74) is 53.8. The first-order valence-electron chi connectivity index (χ1n) is 24.9. The van der Waals surface area contributed by atoms with E-state index in [-0.39, 0.29) is 47.8 Å². The fraction of sp³-hybridized carbons (Fsp3) is 0.545. The van der Waals surface area contributed by atoms with E-state index in [1.54, 1.807) is 0 Å². The van der Waals surface area contributed by atoms with Crippen molar-refractivity contribution >= 4 is 47.8 Å². The van der Waals surface area contributed by atoms with Crippen LogP contribution in [0.4, 0.5) is 0 Å². The zero-order valence-electron chi connectivity index (χ0n) is 49.5. The van der Waals surface area contributed by atoms with Crippen LogP contribution in [0.25, 0.3) is 0 Å². The van der Waals surface area contributed by atoms with Crippen LogP contribution in [0.2, 0.25) is 0 Å². The Morgan fingerprint density at radius 1 is 0.191 bits per heavy atom. The van der Waals surface area contributed by atoms with Gasteiger partial charge in [0.05, 0.1) is 0 Å². The van der Waals surface area contributed by atoms with Gasteiger partial charge in [-0.1, -0.05) is 75.0 Å². The monoisotopic (exact) mass is 1130 g/mol. The van der Waals surface area contributed by atoms with Gasteiger partial charge in [-0.25, -0.2) is 0 Å². The van der Waals surface area contributed by atoms with Crippen LogP contribution in [-0.4, -0.2) is 47.8 Å². The van der Waals surface area contributed by atoms with Gasteiger partial charge in [0.2, 0.25) is 0 Å². The van der Waals surface area contributed by atoms with Crippen molar-refractivity contribution in [2.45, 2.75) is 208 Å². The zero-order valence-corrected chi connectivity index (χ0v) is 55.2. The Morgan fingerprint density at radius 2 is 0.279 bits per heavy atom. The van der Waals surface area contributed by atoms with Gasteiger partial charge < -0.3 is 0 Å². The minimum absolute atomic E-state index is 0. The first kappa shape index (κ1) is 67.2. The minimum Gasteiger partial charge on any atom is -0.118 e. The summed E-state index contributed by atoms with van der Waals surface area (Å²) in [7, 11) is 0. The minimum atomic E-state index is 0. The first-order valence-corrected chi connectivity index (χ1v) is 24.9. The quantitative estimate of drug-likeness (QED) is 0.168. The molecule has 6 aliphatic carbocycles. The zero-order chi connectivity index (χ0) is 51.6. The van der Waals surface area contributed by atoms with Crippen molar-refractivity contribution in [1.82, 2.24) is 0 Å². The molecule has 6 atom stereocenters. The van der Waals surface area contributed by atoms with Crippen LogP contribution in [0.1, 0.15) is 208 Å². The summed E-state index contributed by atoms with van der Waals surface area (Å²) in [5.74, 6) is 3.58. The van der Waals surface area contributed by atoms with E-state index in [0.29, 0.717) is 35.5 Å². The second-order valence-electron chi connectivity index (χ2n) is 20.8. The molecule has 0 aliphatic heterocycles. The Balaban J connectivity index is 0. The molecule has 0 heterocycles. The average Bonchev–Trinajstić information content (AvgIpc) is 3.27. The molecule has 0 saturated carbocycles. The predicted octanol–water partition coefficient (Wildman–Crippen LogP) is 20.0. The molecule has 6 rings (SSSR count). The first-order chi connectivity index (χ1) is 30.2. The van der Waals surface area contributed by atoms with Crippen LogP contribution < -0.4 is 0 Å². The van der Waals surface area contributed by atoms with E-state index < -0.39 is 0 Å². The van der Waals surface area contributed by atoms with Crippen LogP contribution >= 0.6 is 0 Å². The molecule has 0 N–H and O–H groups in total. The van der Waals surface area contributed by atoms with Gasteiger partial charge in [-0.05, 0) is 266 Å². The van der Waals surface area contributed by atoms with Gasteiger partial charge in [0, 0.05) is 83.3 Å². The largest absolute Gasteiger partial charge is 0.118 e. The maximum Gasteiger partial charge on any atom is 0.00551 e. The molecule has 0 nitrogen and oxygen atoms in total. The van der Waals surface area contributed by atoms with Crippen molar-refractivity contribution in [1.29, 1.82) is 0 Å².